The maximum absolute atomic E-state index is 12.1. The van der Waals surface area contributed by atoms with Crippen LogP contribution in [-0.2, 0) is 4.79 Å². The number of likely N-dealkylation sites (tertiary alicyclic amines) is 1. The van der Waals surface area contributed by atoms with Crippen LogP contribution in [0.4, 0.5) is 0 Å². The summed E-state index contributed by atoms with van der Waals surface area (Å²) in [7, 11) is 0. The molecule has 0 aromatic heterocycles. The zero-order valence-corrected chi connectivity index (χ0v) is 10.3. The highest BCUT2D eigenvalue weighted by Crippen LogP contribution is 2.27. The molecule has 1 heterocycles. The van der Waals surface area contributed by atoms with Gasteiger partial charge in [-0.1, -0.05) is 32.0 Å². The van der Waals surface area contributed by atoms with Gasteiger partial charge in [-0.3, -0.25) is 9.59 Å². The van der Waals surface area contributed by atoms with E-state index in [0.717, 1.165) is 6.42 Å². The lowest BCUT2D eigenvalue weighted by molar-refractivity contribution is -0.130. The zero-order valence-electron chi connectivity index (χ0n) is 10.3. The normalized spacial score (nSPS) is 19.2. The second kappa shape index (κ2) is 4.32. The van der Waals surface area contributed by atoms with E-state index in [1.54, 1.807) is 17.0 Å². The summed E-state index contributed by atoms with van der Waals surface area (Å²) >= 11 is 0. The number of nitrogens with zero attached hydrogens (tertiary/aromatic N) is 1. The van der Waals surface area contributed by atoms with Gasteiger partial charge in [0.25, 0.3) is 5.91 Å². The molecule has 1 aromatic carbocycles. The van der Waals surface area contributed by atoms with E-state index in [0.29, 0.717) is 12.1 Å². The lowest BCUT2D eigenvalue weighted by Gasteiger charge is -2.35. The summed E-state index contributed by atoms with van der Waals surface area (Å²) in [6.45, 7) is 4.78. The molecule has 1 saturated heterocycles. The summed E-state index contributed by atoms with van der Waals surface area (Å²) < 4.78 is 0. The lowest BCUT2D eigenvalue weighted by Crippen LogP contribution is -2.47. The Kier molecular flexibility index (Phi) is 3.01. The van der Waals surface area contributed by atoms with Crippen LogP contribution < -0.4 is 0 Å². The van der Waals surface area contributed by atoms with Crippen LogP contribution in [0.5, 0.6) is 0 Å². The van der Waals surface area contributed by atoms with Gasteiger partial charge in [-0.25, -0.2) is 0 Å². The summed E-state index contributed by atoms with van der Waals surface area (Å²) in [5.41, 5.74) is 0.369. The van der Waals surface area contributed by atoms with Crippen molar-refractivity contribution in [3.05, 3.63) is 35.9 Å². The molecule has 3 nitrogen and oxygen atoms in total. The minimum Gasteiger partial charge on any atom is -0.331 e. The van der Waals surface area contributed by atoms with Crippen molar-refractivity contribution in [2.24, 2.45) is 5.41 Å². The van der Waals surface area contributed by atoms with E-state index >= 15 is 0 Å². The van der Waals surface area contributed by atoms with Crippen molar-refractivity contribution >= 4 is 11.7 Å². The Bertz CT molecular complexity index is 437. The van der Waals surface area contributed by atoms with Crippen LogP contribution in [0.3, 0.4) is 0 Å². The van der Waals surface area contributed by atoms with Crippen LogP contribution in [0.25, 0.3) is 0 Å². The fourth-order valence-corrected chi connectivity index (χ4v) is 1.96. The average molecular weight is 231 g/mol. The van der Waals surface area contributed by atoms with E-state index in [-0.39, 0.29) is 23.7 Å². The second-order valence-electron chi connectivity index (χ2n) is 5.15. The molecule has 0 spiro atoms. The molecule has 2 rings (SSSR count). The Morgan fingerprint density at radius 1 is 1.24 bits per heavy atom. The van der Waals surface area contributed by atoms with Gasteiger partial charge < -0.3 is 4.90 Å². The summed E-state index contributed by atoms with van der Waals surface area (Å²) in [5.74, 6) is 0.0995. The van der Waals surface area contributed by atoms with Crippen LogP contribution in [0.2, 0.25) is 0 Å². The number of carbonyl (C=O) groups is 2. The van der Waals surface area contributed by atoms with Crippen molar-refractivity contribution in [2.75, 3.05) is 13.1 Å². The monoisotopic (exact) mass is 231 g/mol. The SMILES string of the molecule is CC1(C)CCN(C(=O)c2ccccc2)CC1=O. The number of carbonyl (C=O) groups excluding carboxylic acids is 2. The Morgan fingerprint density at radius 2 is 1.88 bits per heavy atom. The van der Waals surface area contributed by atoms with Crippen LogP contribution in [-0.4, -0.2) is 29.7 Å². The summed E-state index contributed by atoms with van der Waals surface area (Å²) in [4.78, 5) is 25.6. The molecule has 0 radical (unpaired) electrons. The molecule has 1 fully saturated rings. The fraction of sp³-hybridized carbons (Fsp3) is 0.429. The first-order chi connectivity index (χ1) is 8.00. The van der Waals surface area contributed by atoms with Crippen molar-refractivity contribution in [3.63, 3.8) is 0 Å². The van der Waals surface area contributed by atoms with Gasteiger partial charge in [0.1, 0.15) is 0 Å². The van der Waals surface area contributed by atoms with Crippen molar-refractivity contribution in [1.29, 1.82) is 0 Å². The number of ketones is 1. The Hall–Kier alpha value is -1.64. The summed E-state index contributed by atoms with van der Waals surface area (Å²) in [6, 6.07) is 9.12. The highest BCUT2D eigenvalue weighted by atomic mass is 16.2. The van der Waals surface area contributed by atoms with Gasteiger partial charge in [0, 0.05) is 17.5 Å². The molecule has 0 saturated carbocycles. The molecule has 1 aromatic rings. The third kappa shape index (κ3) is 2.38. The van der Waals surface area contributed by atoms with E-state index in [9.17, 15) is 9.59 Å². The number of Topliss-reactive ketones (excluding diaryl/α,β-unsaturated/α-hetero) is 1. The number of piperidine rings is 1. The van der Waals surface area contributed by atoms with Crippen LogP contribution in [0.15, 0.2) is 30.3 Å². The number of hydrogen-bond acceptors (Lipinski definition) is 2. The van der Waals surface area contributed by atoms with Crippen molar-refractivity contribution in [3.8, 4) is 0 Å². The van der Waals surface area contributed by atoms with E-state index < -0.39 is 0 Å². The van der Waals surface area contributed by atoms with E-state index in [1.807, 2.05) is 32.0 Å². The molecule has 90 valence electrons. The maximum Gasteiger partial charge on any atom is 0.254 e. The maximum atomic E-state index is 12.1. The smallest absolute Gasteiger partial charge is 0.254 e. The Morgan fingerprint density at radius 3 is 2.47 bits per heavy atom. The van der Waals surface area contributed by atoms with Crippen LogP contribution in [0, 0.1) is 5.41 Å². The fourth-order valence-electron chi connectivity index (χ4n) is 1.96. The van der Waals surface area contributed by atoms with Crippen molar-refractivity contribution in [2.45, 2.75) is 20.3 Å². The molecular formula is C14H17NO2. The predicted molar refractivity (Wildman–Crippen MR) is 65.8 cm³/mol. The quantitative estimate of drug-likeness (QED) is 0.742. The van der Waals surface area contributed by atoms with Gasteiger partial charge in [-0.15, -0.1) is 0 Å². The topological polar surface area (TPSA) is 37.4 Å². The number of amides is 1. The molecule has 1 aliphatic heterocycles. The molecule has 1 amide bonds. The number of rotatable bonds is 1. The van der Waals surface area contributed by atoms with Gasteiger partial charge in [-0.2, -0.15) is 0 Å². The molecular weight excluding hydrogens is 214 g/mol. The molecule has 1 aliphatic rings. The zero-order chi connectivity index (χ0) is 12.5. The first-order valence-electron chi connectivity index (χ1n) is 5.88. The minimum atomic E-state index is -0.284. The molecule has 0 aliphatic carbocycles. The second-order valence-corrected chi connectivity index (χ2v) is 5.15. The first-order valence-corrected chi connectivity index (χ1v) is 5.88. The van der Waals surface area contributed by atoms with E-state index in [2.05, 4.69) is 0 Å². The van der Waals surface area contributed by atoms with Gasteiger partial charge in [0.2, 0.25) is 0 Å². The summed E-state index contributed by atoms with van der Waals surface area (Å²) in [6.07, 6.45) is 0.740. The molecule has 0 unspecified atom stereocenters. The van der Waals surface area contributed by atoms with Gasteiger partial charge in [0.15, 0.2) is 5.78 Å². The first kappa shape index (κ1) is 11.8. The molecule has 17 heavy (non-hydrogen) atoms. The van der Waals surface area contributed by atoms with Crippen LogP contribution in [0.1, 0.15) is 30.6 Å². The summed E-state index contributed by atoms with van der Waals surface area (Å²) in [5, 5.41) is 0. The highest BCUT2D eigenvalue weighted by Gasteiger charge is 2.35. The van der Waals surface area contributed by atoms with E-state index in [4.69, 9.17) is 0 Å². The standard InChI is InChI=1S/C14H17NO2/c1-14(2)8-9-15(10-12(14)16)13(17)11-6-4-3-5-7-11/h3-7H,8-10H2,1-2H3. The average Bonchev–Trinajstić information content (AvgIpc) is 2.33. The lowest BCUT2D eigenvalue weighted by atomic mass is 9.81. The Balaban J connectivity index is 2.11. The Labute approximate surface area is 101 Å². The largest absolute Gasteiger partial charge is 0.331 e. The van der Waals surface area contributed by atoms with Crippen molar-refractivity contribution in [1.82, 2.24) is 4.90 Å². The third-order valence-corrected chi connectivity index (χ3v) is 3.40. The molecule has 3 heteroatoms. The number of benzene rings is 1. The van der Waals surface area contributed by atoms with Crippen LogP contribution >= 0.6 is 0 Å². The minimum absolute atomic E-state index is 0.0468. The molecule has 0 atom stereocenters. The number of hydrogen-bond donors (Lipinski definition) is 0. The van der Waals surface area contributed by atoms with E-state index in [1.165, 1.54) is 0 Å². The molecule has 0 bridgehead atoms. The van der Waals surface area contributed by atoms with Gasteiger partial charge >= 0.3 is 0 Å². The van der Waals surface area contributed by atoms with Crippen molar-refractivity contribution < 1.29 is 9.59 Å². The van der Waals surface area contributed by atoms with Gasteiger partial charge in [0.05, 0.1) is 6.54 Å². The van der Waals surface area contributed by atoms with Gasteiger partial charge in [-0.05, 0) is 18.6 Å². The molecule has 0 N–H and O–H groups in total. The predicted octanol–water partition coefficient (Wildman–Crippen LogP) is 2.13. The third-order valence-electron chi connectivity index (χ3n) is 3.40. The highest BCUT2D eigenvalue weighted by molar-refractivity contribution is 5.98.